The van der Waals surface area contributed by atoms with Crippen molar-refractivity contribution in [3.63, 3.8) is 0 Å². The molecule has 0 bridgehead atoms. The highest BCUT2D eigenvalue weighted by Crippen LogP contribution is 2.49. The molecule has 0 spiro atoms. The molecule has 2 aliphatic carbocycles. The molecule has 3 aliphatic rings. The van der Waals surface area contributed by atoms with E-state index in [4.69, 9.17) is 4.74 Å². The number of likely N-dealkylation sites (tertiary alicyclic amines) is 1. The molecule has 178 valence electrons. The van der Waals surface area contributed by atoms with Crippen molar-refractivity contribution in [3.8, 4) is 11.1 Å². The normalized spacial score (nSPS) is 23.7. The zero-order chi connectivity index (χ0) is 23.9. The number of hydrogen-bond donors (Lipinski definition) is 2. The van der Waals surface area contributed by atoms with E-state index in [1.54, 1.807) is 11.8 Å². The molecule has 1 saturated heterocycles. The Hall–Kier alpha value is -3.35. The molecule has 1 heterocycles. The van der Waals surface area contributed by atoms with E-state index < -0.39 is 23.5 Å². The average Bonchev–Trinajstić information content (AvgIpc) is 3.47. The molecule has 0 aromatic heterocycles. The Balaban J connectivity index is 1.15. The van der Waals surface area contributed by atoms with Gasteiger partial charge in [0.2, 0.25) is 5.91 Å². The SMILES string of the molecule is C[C@@H](CC(=O)N1C[C@@H]2CCC[C@]2(C(=O)O)C1)NC(=O)OCC1c2ccccc2-c2ccccc21. The maximum atomic E-state index is 12.8. The van der Waals surface area contributed by atoms with Crippen LogP contribution in [0, 0.1) is 11.3 Å². The fourth-order valence-electron chi connectivity index (χ4n) is 6.11. The zero-order valence-electron chi connectivity index (χ0n) is 19.3. The number of carboxylic acid groups (broad SMARTS) is 1. The highest BCUT2D eigenvalue weighted by Gasteiger charge is 2.55. The van der Waals surface area contributed by atoms with E-state index in [0.29, 0.717) is 13.0 Å². The summed E-state index contributed by atoms with van der Waals surface area (Å²) in [6, 6.07) is 15.9. The van der Waals surface area contributed by atoms with E-state index in [0.717, 1.165) is 24.0 Å². The maximum absolute atomic E-state index is 12.8. The lowest BCUT2D eigenvalue weighted by Crippen LogP contribution is -2.41. The summed E-state index contributed by atoms with van der Waals surface area (Å²) in [6.07, 6.45) is 1.95. The van der Waals surface area contributed by atoms with Crippen molar-refractivity contribution in [1.82, 2.24) is 10.2 Å². The lowest BCUT2D eigenvalue weighted by Gasteiger charge is -2.24. The number of amides is 2. The van der Waals surface area contributed by atoms with Crippen LogP contribution in [0.15, 0.2) is 48.5 Å². The number of alkyl carbamates (subject to hydrolysis) is 1. The van der Waals surface area contributed by atoms with Crippen LogP contribution in [-0.2, 0) is 14.3 Å². The van der Waals surface area contributed by atoms with Gasteiger partial charge in [-0.2, -0.15) is 0 Å². The van der Waals surface area contributed by atoms with E-state index in [-0.39, 0.29) is 37.3 Å². The third kappa shape index (κ3) is 3.83. The highest BCUT2D eigenvalue weighted by atomic mass is 16.5. The largest absolute Gasteiger partial charge is 0.481 e. The van der Waals surface area contributed by atoms with Gasteiger partial charge in [-0.05, 0) is 47.9 Å². The van der Waals surface area contributed by atoms with Crippen LogP contribution in [0.4, 0.5) is 4.79 Å². The predicted octanol–water partition coefficient (Wildman–Crippen LogP) is 4.02. The minimum Gasteiger partial charge on any atom is -0.481 e. The van der Waals surface area contributed by atoms with E-state index in [2.05, 4.69) is 29.6 Å². The third-order valence-corrected chi connectivity index (χ3v) is 7.84. The summed E-state index contributed by atoms with van der Waals surface area (Å²) in [6.45, 7) is 2.74. The molecule has 7 heteroatoms. The van der Waals surface area contributed by atoms with Gasteiger partial charge in [0.25, 0.3) is 0 Å². The van der Waals surface area contributed by atoms with Gasteiger partial charge in [0.1, 0.15) is 6.61 Å². The molecular weight excluding hydrogens is 432 g/mol. The number of hydrogen-bond acceptors (Lipinski definition) is 4. The average molecular weight is 463 g/mol. The van der Waals surface area contributed by atoms with Crippen LogP contribution in [0.1, 0.15) is 49.7 Å². The van der Waals surface area contributed by atoms with Crippen LogP contribution in [0.2, 0.25) is 0 Å². The number of carboxylic acids is 1. The van der Waals surface area contributed by atoms with Gasteiger partial charge in [0.15, 0.2) is 0 Å². The number of benzene rings is 2. The Bertz CT molecular complexity index is 1090. The van der Waals surface area contributed by atoms with Crippen molar-refractivity contribution in [2.24, 2.45) is 11.3 Å². The lowest BCUT2D eigenvalue weighted by molar-refractivity contribution is -0.149. The number of aliphatic carboxylic acids is 1. The number of fused-ring (bicyclic) bond motifs is 4. The second kappa shape index (κ2) is 8.78. The molecule has 1 aliphatic heterocycles. The number of nitrogens with zero attached hydrogens (tertiary/aromatic N) is 1. The standard InChI is InChI=1S/C27H30N2O5/c1-17(13-24(30)29-14-18-7-6-12-27(18,16-29)25(31)32)28-26(33)34-15-23-21-10-4-2-8-19(21)20-9-3-5-11-22(20)23/h2-5,8-11,17-18,23H,6-7,12-16H2,1H3,(H,28,33)(H,31,32)/t17-,18-,27-/m0/s1. The van der Waals surface area contributed by atoms with E-state index in [9.17, 15) is 19.5 Å². The Morgan fingerprint density at radius 1 is 1.12 bits per heavy atom. The Labute approximate surface area is 199 Å². The highest BCUT2D eigenvalue weighted by molar-refractivity contribution is 5.82. The summed E-state index contributed by atoms with van der Waals surface area (Å²) < 4.78 is 5.57. The number of ether oxygens (including phenoxy) is 1. The van der Waals surface area contributed by atoms with E-state index in [1.807, 2.05) is 24.3 Å². The first-order valence-electron chi connectivity index (χ1n) is 12.0. The van der Waals surface area contributed by atoms with Gasteiger partial charge in [-0.1, -0.05) is 55.0 Å². The van der Waals surface area contributed by atoms with Gasteiger partial charge >= 0.3 is 12.1 Å². The molecule has 2 N–H and O–H groups in total. The molecule has 1 saturated carbocycles. The van der Waals surface area contributed by atoms with Crippen LogP contribution in [0.5, 0.6) is 0 Å². The van der Waals surface area contributed by atoms with E-state index >= 15 is 0 Å². The van der Waals surface area contributed by atoms with Crippen LogP contribution >= 0.6 is 0 Å². The van der Waals surface area contributed by atoms with Gasteiger partial charge < -0.3 is 20.1 Å². The van der Waals surface area contributed by atoms with E-state index in [1.165, 1.54) is 11.1 Å². The second-order valence-corrected chi connectivity index (χ2v) is 9.90. The minimum atomic E-state index is -0.796. The van der Waals surface area contributed by atoms with Gasteiger partial charge in [-0.15, -0.1) is 0 Å². The van der Waals surface area contributed by atoms with Crippen LogP contribution in [0.3, 0.4) is 0 Å². The molecule has 0 radical (unpaired) electrons. The summed E-state index contributed by atoms with van der Waals surface area (Å²) >= 11 is 0. The van der Waals surface area contributed by atoms with Crippen LogP contribution in [0.25, 0.3) is 11.1 Å². The van der Waals surface area contributed by atoms with Crippen molar-refractivity contribution >= 4 is 18.0 Å². The van der Waals surface area contributed by atoms with Crippen molar-refractivity contribution in [2.75, 3.05) is 19.7 Å². The first-order valence-corrected chi connectivity index (χ1v) is 12.0. The van der Waals surface area contributed by atoms with Crippen molar-refractivity contribution in [3.05, 3.63) is 59.7 Å². The van der Waals surface area contributed by atoms with Gasteiger partial charge in [-0.25, -0.2) is 4.79 Å². The van der Waals surface area contributed by atoms with Crippen molar-refractivity contribution in [1.29, 1.82) is 0 Å². The molecule has 2 aromatic rings. The lowest BCUT2D eigenvalue weighted by atomic mass is 9.81. The van der Waals surface area contributed by atoms with Crippen molar-refractivity contribution in [2.45, 2.75) is 44.6 Å². The second-order valence-electron chi connectivity index (χ2n) is 9.90. The third-order valence-electron chi connectivity index (χ3n) is 7.84. The first kappa shape index (κ1) is 22.4. The molecule has 5 rings (SSSR count). The summed E-state index contributed by atoms with van der Waals surface area (Å²) in [5, 5.41) is 12.5. The monoisotopic (exact) mass is 462 g/mol. The number of rotatable bonds is 6. The molecule has 2 amide bonds. The summed E-state index contributed by atoms with van der Waals surface area (Å²) in [4.78, 5) is 38.8. The number of nitrogens with one attached hydrogen (secondary N) is 1. The minimum absolute atomic E-state index is 0.0219. The van der Waals surface area contributed by atoms with Gasteiger partial charge in [0.05, 0.1) is 5.41 Å². The summed E-state index contributed by atoms with van der Waals surface area (Å²) in [5.41, 5.74) is 3.83. The number of carbonyl (C=O) groups is 3. The molecule has 3 atom stereocenters. The predicted molar refractivity (Wildman–Crippen MR) is 126 cm³/mol. The smallest absolute Gasteiger partial charge is 0.407 e. The summed E-state index contributed by atoms with van der Waals surface area (Å²) in [5.74, 6) is -0.915. The molecule has 0 unspecified atom stereocenters. The molecule has 2 aromatic carbocycles. The number of carbonyl (C=O) groups excluding carboxylic acids is 2. The fraction of sp³-hybridized carbons (Fsp3) is 0.444. The fourth-order valence-corrected chi connectivity index (χ4v) is 6.11. The first-order chi connectivity index (χ1) is 16.4. The Morgan fingerprint density at radius 2 is 1.76 bits per heavy atom. The topological polar surface area (TPSA) is 95.9 Å². The Morgan fingerprint density at radius 3 is 2.38 bits per heavy atom. The molecule has 34 heavy (non-hydrogen) atoms. The molecule has 7 nitrogen and oxygen atoms in total. The van der Waals surface area contributed by atoms with Gasteiger partial charge in [-0.3, -0.25) is 9.59 Å². The Kier molecular flexibility index (Phi) is 5.80. The van der Waals surface area contributed by atoms with Gasteiger partial charge in [0, 0.05) is 31.5 Å². The maximum Gasteiger partial charge on any atom is 0.407 e. The summed E-state index contributed by atoms with van der Waals surface area (Å²) in [7, 11) is 0. The van der Waals surface area contributed by atoms with Crippen LogP contribution < -0.4 is 5.32 Å². The quantitative estimate of drug-likeness (QED) is 0.676. The van der Waals surface area contributed by atoms with Crippen LogP contribution in [-0.4, -0.2) is 53.7 Å². The molecule has 2 fully saturated rings. The molecular formula is C27H30N2O5. The zero-order valence-corrected chi connectivity index (χ0v) is 19.3. The van der Waals surface area contributed by atoms with Crippen molar-refractivity contribution < 1.29 is 24.2 Å².